The van der Waals surface area contributed by atoms with Crippen LogP contribution in [-0.2, 0) is 11.0 Å². The van der Waals surface area contributed by atoms with Crippen molar-refractivity contribution in [2.75, 3.05) is 11.1 Å². The van der Waals surface area contributed by atoms with Crippen molar-refractivity contribution >= 4 is 29.0 Å². The zero-order chi connectivity index (χ0) is 17.2. The Morgan fingerprint density at radius 1 is 1.12 bits per heavy atom. The van der Waals surface area contributed by atoms with E-state index in [1.54, 1.807) is 24.3 Å². The van der Waals surface area contributed by atoms with Gasteiger partial charge in [0.15, 0.2) is 10.8 Å². The molecule has 0 aliphatic heterocycles. The molecule has 2 aromatic heterocycles. The van der Waals surface area contributed by atoms with Crippen molar-refractivity contribution in [3.8, 4) is 0 Å². The van der Waals surface area contributed by atoms with E-state index in [2.05, 4.69) is 15.5 Å². The van der Waals surface area contributed by atoms with Gasteiger partial charge in [-0.3, -0.25) is 9.20 Å². The first kappa shape index (κ1) is 16.3. The number of amides is 1. The Morgan fingerprint density at radius 3 is 2.58 bits per heavy atom. The Balaban J connectivity index is 1.72. The second-order valence-electron chi connectivity index (χ2n) is 4.83. The van der Waals surface area contributed by atoms with Crippen LogP contribution in [0.5, 0.6) is 0 Å². The Kier molecular flexibility index (Phi) is 4.43. The third kappa shape index (κ3) is 3.67. The van der Waals surface area contributed by atoms with Gasteiger partial charge in [-0.05, 0) is 24.3 Å². The third-order valence-electron chi connectivity index (χ3n) is 3.09. The smallest absolute Gasteiger partial charge is 0.325 e. The number of hydrogen-bond acceptors (Lipinski definition) is 4. The molecule has 0 fully saturated rings. The fraction of sp³-hybridized carbons (Fsp3) is 0.133. The molecule has 124 valence electrons. The highest BCUT2D eigenvalue weighted by atomic mass is 32.2. The normalized spacial score (nSPS) is 11.6. The molecule has 2 heterocycles. The number of halogens is 3. The number of carbonyl (C=O) groups is 1. The summed E-state index contributed by atoms with van der Waals surface area (Å²) in [7, 11) is 0. The van der Waals surface area contributed by atoms with E-state index in [1.807, 2.05) is 6.07 Å². The van der Waals surface area contributed by atoms with E-state index >= 15 is 0 Å². The zero-order valence-electron chi connectivity index (χ0n) is 12.1. The van der Waals surface area contributed by atoms with E-state index in [0.29, 0.717) is 5.69 Å². The Labute approximate surface area is 138 Å². The SMILES string of the molecule is O=C(CSc1nnc2ccc(C(F)(F)F)cn12)Nc1ccccc1. The molecule has 1 aromatic carbocycles. The number of carbonyl (C=O) groups excluding carboxylic acids is 1. The van der Waals surface area contributed by atoms with E-state index in [-0.39, 0.29) is 22.5 Å². The molecule has 0 radical (unpaired) electrons. The lowest BCUT2D eigenvalue weighted by Gasteiger charge is -2.07. The maximum atomic E-state index is 12.8. The van der Waals surface area contributed by atoms with Crippen LogP contribution >= 0.6 is 11.8 Å². The first-order chi connectivity index (χ1) is 11.4. The molecule has 0 saturated heterocycles. The van der Waals surface area contributed by atoms with Crippen LogP contribution in [0.25, 0.3) is 5.65 Å². The van der Waals surface area contributed by atoms with Crippen molar-refractivity contribution in [3.05, 3.63) is 54.2 Å². The van der Waals surface area contributed by atoms with Crippen LogP contribution < -0.4 is 5.32 Å². The Bertz CT molecular complexity index is 864. The first-order valence-electron chi connectivity index (χ1n) is 6.83. The summed E-state index contributed by atoms with van der Waals surface area (Å²) in [5.74, 6) is -0.277. The van der Waals surface area contributed by atoms with E-state index in [1.165, 1.54) is 10.5 Å². The largest absolute Gasteiger partial charge is 0.417 e. The number of thioether (sulfide) groups is 1. The molecule has 5 nitrogen and oxygen atoms in total. The number of para-hydroxylation sites is 1. The second-order valence-corrected chi connectivity index (χ2v) is 5.77. The predicted molar refractivity (Wildman–Crippen MR) is 83.8 cm³/mol. The summed E-state index contributed by atoms with van der Waals surface area (Å²) in [6, 6.07) is 11.1. The Hall–Kier alpha value is -2.55. The minimum absolute atomic E-state index is 0.00589. The number of nitrogens with zero attached hydrogens (tertiary/aromatic N) is 3. The summed E-state index contributed by atoms with van der Waals surface area (Å²) in [6.45, 7) is 0. The van der Waals surface area contributed by atoms with Crippen LogP contribution in [0.1, 0.15) is 5.56 Å². The van der Waals surface area contributed by atoms with Crippen molar-refractivity contribution in [1.82, 2.24) is 14.6 Å². The predicted octanol–water partition coefficient (Wildman–Crippen LogP) is 3.48. The van der Waals surface area contributed by atoms with Gasteiger partial charge in [0.1, 0.15) is 0 Å². The second kappa shape index (κ2) is 6.52. The average Bonchev–Trinajstić information content (AvgIpc) is 2.95. The monoisotopic (exact) mass is 352 g/mol. The maximum Gasteiger partial charge on any atom is 0.417 e. The number of benzene rings is 1. The number of anilines is 1. The third-order valence-corrected chi connectivity index (χ3v) is 4.03. The molecule has 0 aliphatic rings. The minimum atomic E-state index is -4.45. The number of nitrogens with one attached hydrogen (secondary N) is 1. The standard InChI is InChI=1S/C15H11F3N4OS/c16-15(17,18)10-6-7-12-20-21-14(22(12)8-10)24-9-13(23)19-11-4-2-1-3-5-11/h1-8H,9H2,(H,19,23). The highest BCUT2D eigenvalue weighted by Gasteiger charge is 2.31. The van der Waals surface area contributed by atoms with Crippen LogP contribution in [0.3, 0.4) is 0 Å². The lowest BCUT2D eigenvalue weighted by molar-refractivity contribution is -0.137. The lowest BCUT2D eigenvalue weighted by Crippen LogP contribution is -2.14. The highest BCUT2D eigenvalue weighted by molar-refractivity contribution is 7.99. The summed E-state index contributed by atoms with van der Waals surface area (Å²) in [5, 5.41) is 10.5. The van der Waals surface area contributed by atoms with Crippen LogP contribution in [-0.4, -0.2) is 26.3 Å². The van der Waals surface area contributed by atoms with Gasteiger partial charge in [-0.15, -0.1) is 10.2 Å². The molecular weight excluding hydrogens is 341 g/mol. The Morgan fingerprint density at radius 2 is 1.88 bits per heavy atom. The zero-order valence-corrected chi connectivity index (χ0v) is 12.9. The summed E-state index contributed by atoms with van der Waals surface area (Å²) < 4.78 is 39.6. The number of rotatable bonds is 4. The van der Waals surface area contributed by atoms with E-state index < -0.39 is 11.7 Å². The molecule has 0 aliphatic carbocycles. The van der Waals surface area contributed by atoms with Gasteiger partial charge in [-0.2, -0.15) is 13.2 Å². The molecule has 3 rings (SSSR count). The molecule has 0 spiro atoms. The highest BCUT2D eigenvalue weighted by Crippen LogP contribution is 2.30. The van der Waals surface area contributed by atoms with Crippen LogP contribution in [0, 0.1) is 0 Å². The molecule has 0 unspecified atom stereocenters. The van der Waals surface area contributed by atoms with Crippen molar-refractivity contribution in [3.63, 3.8) is 0 Å². The molecule has 0 saturated carbocycles. The van der Waals surface area contributed by atoms with Gasteiger partial charge in [-0.25, -0.2) is 0 Å². The van der Waals surface area contributed by atoms with E-state index in [4.69, 9.17) is 0 Å². The van der Waals surface area contributed by atoms with Crippen molar-refractivity contribution < 1.29 is 18.0 Å². The average molecular weight is 352 g/mol. The van der Waals surface area contributed by atoms with Crippen molar-refractivity contribution in [2.24, 2.45) is 0 Å². The molecule has 1 N–H and O–H groups in total. The fourth-order valence-electron chi connectivity index (χ4n) is 1.98. The molecule has 1 amide bonds. The first-order valence-corrected chi connectivity index (χ1v) is 7.82. The minimum Gasteiger partial charge on any atom is -0.325 e. The van der Waals surface area contributed by atoms with Gasteiger partial charge in [0.25, 0.3) is 0 Å². The molecule has 0 bridgehead atoms. The fourth-order valence-corrected chi connectivity index (χ4v) is 2.70. The van der Waals surface area contributed by atoms with Gasteiger partial charge < -0.3 is 5.32 Å². The lowest BCUT2D eigenvalue weighted by atomic mass is 10.3. The number of alkyl halides is 3. The van der Waals surface area contributed by atoms with Gasteiger partial charge in [-0.1, -0.05) is 30.0 Å². The van der Waals surface area contributed by atoms with Gasteiger partial charge in [0, 0.05) is 11.9 Å². The molecule has 0 atom stereocenters. The van der Waals surface area contributed by atoms with Gasteiger partial charge in [0.2, 0.25) is 5.91 Å². The summed E-state index contributed by atoms with van der Waals surface area (Å²) in [5.41, 5.74) is 0.132. The molecule has 9 heteroatoms. The van der Waals surface area contributed by atoms with Crippen molar-refractivity contribution in [2.45, 2.75) is 11.3 Å². The van der Waals surface area contributed by atoms with Crippen LogP contribution in [0.4, 0.5) is 18.9 Å². The maximum absolute atomic E-state index is 12.8. The van der Waals surface area contributed by atoms with Crippen LogP contribution in [0.2, 0.25) is 0 Å². The molecule has 3 aromatic rings. The number of aromatic nitrogens is 3. The number of fused-ring (bicyclic) bond motifs is 1. The quantitative estimate of drug-likeness (QED) is 0.731. The van der Waals surface area contributed by atoms with E-state index in [9.17, 15) is 18.0 Å². The number of hydrogen-bond donors (Lipinski definition) is 1. The summed E-state index contributed by atoms with van der Waals surface area (Å²) in [6.07, 6.45) is -3.53. The van der Waals surface area contributed by atoms with Crippen LogP contribution in [0.15, 0.2) is 53.8 Å². The van der Waals surface area contributed by atoms with Crippen molar-refractivity contribution in [1.29, 1.82) is 0 Å². The summed E-state index contributed by atoms with van der Waals surface area (Å²) >= 11 is 1.01. The molecular formula is C15H11F3N4OS. The number of pyridine rings is 1. The summed E-state index contributed by atoms with van der Waals surface area (Å²) in [4.78, 5) is 11.9. The van der Waals surface area contributed by atoms with Gasteiger partial charge >= 0.3 is 6.18 Å². The molecule has 24 heavy (non-hydrogen) atoms. The topological polar surface area (TPSA) is 59.3 Å². The van der Waals surface area contributed by atoms with Gasteiger partial charge in [0.05, 0.1) is 11.3 Å². The van der Waals surface area contributed by atoms with E-state index in [0.717, 1.165) is 24.0 Å².